The number of rotatable bonds is 5. The second kappa shape index (κ2) is 4.72. The number of hydrogen-bond acceptors (Lipinski definition) is 3. The van der Waals surface area contributed by atoms with Crippen molar-refractivity contribution in [1.82, 2.24) is 5.32 Å². The van der Waals surface area contributed by atoms with E-state index in [-0.39, 0.29) is 12.5 Å². The molecule has 0 saturated heterocycles. The molecule has 0 radical (unpaired) electrons. The number of nitrogens with one attached hydrogen (secondary N) is 1. The van der Waals surface area contributed by atoms with E-state index in [1.807, 2.05) is 13.0 Å². The summed E-state index contributed by atoms with van der Waals surface area (Å²) in [6.45, 7) is 4.29. The van der Waals surface area contributed by atoms with Crippen molar-refractivity contribution in [2.75, 3.05) is 6.54 Å². The van der Waals surface area contributed by atoms with Gasteiger partial charge in [-0.15, -0.1) is 11.3 Å². The van der Waals surface area contributed by atoms with Crippen LogP contribution in [0.2, 0.25) is 0 Å². The highest BCUT2D eigenvalue weighted by atomic mass is 32.1. The first kappa shape index (κ1) is 13.1. The molecule has 98 valence electrons. The van der Waals surface area contributed by atoms with Gasteiger partial charge in [0.15, 0.2) is 0 Å². The molecule has 0 aliphatic heterocycles. The number of hydrogen-bond donors (Lipinski definition) is 2. The van der Waals surface area contributed by atoms with E-state index in [1.165, 1.54) is 16.2 Å². The van der Waals surface area contributed by atoms with Gasteiger partial charge in [0.2, 0.25) is 0 Å². The number of thiophene rings is 1. The van der Waals surface area contributed by atoms with Gasteiger partial charge in [0, 0.05) is 11.4 Å². The number of carboxylic acids is 1. The van der Waals surface area contributed by atoms with Crippen LogP contribution in [-0.2, 0) is 11.2 Å². The molecule has 2 N–H and O–H groups in total. The highest BCUT2D eigenvalue weighted by Crippen LogP contribution is 2.45. The van der Waals surface area contributed by atoms with Gasteiger partial charge in [-0.3, -0.25) is 9.59 Å². The normalized spacial score (nSPS) is 16.3. The Bertz CT molecular complexity index is 488. The molecule has 1 aliphatic carbocycles. The lowest BCUT2D eigenvalue weighted by molar-refractivity contribution is -0.143. The van der Waals surface area contributed by atoms with Gasteiger partial charge in [0.05, 0.1) is 10.3 Å². The van der Waals surface area contributed by atoms with Crippen molar-refractivity contribution in [3.8, 4) is 0 Å². The lowest BCUT2D eigenvalue weighted by Crippen LogP contribution is -2.33. The van der Waals surface area contributed by atoms with Crippen LogP contribution in [0.5, 0.6) is 0 Å². The van der Waals surface area contributed by atoms with Crippen molar-refractivity contribution in [3.63, 3.8) is 0 Å². The van der Waals surface area contributed by atoms with Crippen LogP contribution in [0.15, 0.2) is 6.07 Å². The van der Waals surface area contributed by atoms with E-state index in [9.17, 15) is 9.59 Å². The topological polar surface area (TPSA) is 66.4 Å². The van der Waals surface area contributed by atoms with Crippen LogP contribution in [0, 0.1) is 12.3 Å². The Labute approximate surface area is 110 Å². The molecule has 1 saturated carbocycles. The highest BCUT2D eigenvalue weighted by Gasteiger charge is 2.50. The van der Waals surface area contributed by atoms with Gasteiger partial charge >= 0.3 is 5.97 Å². The smallest absolute Gasteiger partial charge is 0.311 e. The zero-order valence-corrected chi connectivity index (χ0v) is 11.4. The summed E-state index contributed by atoms with van der Waals surface area (Å²) in [6.07, 6.45) is 2.24. The second-order valence-corrected chi connectivity index (χ2v) is 5.98. The molecule has 4 nitrogen and oxygen atoms in total. The minimum absolute atomic E-state index is 0.157. The SMILES string of the molecule is CCc1sc(C(=O)NCC2(C(=O)O)CC2)cc1C. The van der Waals surface area contributed by atoms with E-state index >= 15 is 0 Å². The molecule has 0 spiro atoms. The standard InChI is InChI=1S/C13H17NO3S/c1-3-9-8(2)6-10(18-9)11(15)14-7-13(4-5-13)12(16)17/h6H,3-5,7H2,1-2H3,(H,14,15)(H,16,17). The first-order valence-corrected chi connectivity index (χ1v) is 6.91. The van der Waals surface area contributed by atoms with Crippen molar-refractivity contribution < 1.29 is 14.7 Å². The van der Waals surface area contributed by atoms with Crippen molar-refractivity contribution >= 4 is 23.2 Å². The minimum Gasteiger partial charge on any atom is -0.481 e. The first-order chi connectivity index (χ1) is 8.48. The average Bonchev–Trinajstić information content (AvgIpc) is 3.04. The van der Waals surface area contributed by atoms with Gasteiger partial charge in [0.1, 0.15) is 0 Å². The number of aryl methyl sites for hydroxylation is 2. The maximum atomic E-state index is 11.9. The molecule has 1 heterocycles. The fraction of sp³-hybridized carbons (Fsp3) is 0.538. The van der Waals surface area contributed by atoms with E-state index in [2.05, 4.69) is 12.2 Å². The summed E-state index contributed by atoms with van der Waals surface area (Å²) >= 11 is 1.49. The first-order valence-electron chi connectivity index (χ1n) is 6.09. The van der Waals surface area contributed by atoms with Crippen molar-refractivity contribution in [2.24, 2.45) is 5.41 Å². The number of aliphatic carboxylic acids is 1. The van der Waals surface area contributed by atoms with Crippen LogP contribution >= 0.6 is 11.3 Å². The van der Waals surface area contributed by atoms with Gasteiger partial charge < -0.3 is 10.4 Å². The molecular weight excluding hydrogens is 250 g/mol. The van der Waals surface area contributed by atoms with Gasteiger partial charge in [-0.2, -0.15) is 0 Å². The van der Waals surface area contributed by atoms with Gasteiger partial charge in [-0.05, 0) is 37.8 Å². The van der Waals surface area contributed by atoms with Crippen LogP contribution in [0.4, 0.5) is 0 Å². The molecule has 0 unspecified atom stereocenters. The quantitative estimate of drug-likeness (QED) is 0.859. The molecule has 0 atom stereocenters. The second-order valence-electron chi connectivity index (χ2n) is 4.84. The molecule has 1 aromatic heterocycles. The number of carbonyl (C=O) groups is 2. The Morgan fingerprint density at radius 1 is 1.50 bits per heavy atom. The summed E-state index contributed by atoms with van der Waals surface area (Å²) in [5.74, 6) is -0.963. The Balaban J connectivity index is 1.98. The van der Waals surface area contributed by atoms with E-state index in [1.54, 1.807) is 0 Å². The third kappa shape index (κ3) is 2.41. The van der Waals surface area contributed by atoms with Crippen molar-refractivity contribution in [3.05, 3.63) is 21.4 Å². The summed E-state index contributed by atoms with van der Waals surface area (Å²) < 4.78 is 0. The van der Waals surface area contributed by atoms with Gasteiger partial charge in [-0.25, -0.2) is 0 Å². The number of amides is 1. The van der Waals surface area contributed by atoms with Crippen LogP contribution in [-0.4, -0.2) is 23.5 Å². The summed E-state index contributed by atoms with van der Waals surface area (Å²) in [5, 5.41) is 11.8. The zero-order valence-electron chi connectivity index (χ0n) is 10.6. The van der Waals surface area contributed by atoms with Crippen LogP contribution in [0.3, 0.4) is 0 Å². The van der Waals surface area contributed by atoms with E-state index < -0.39 is 11.4 Å². The molecule has 2 rings (SSSR count). The Hall–Kier alpha value is -1.36. The Morgan fingerprint density at radius 2 is 2.17 bits per heavy atom. The third-order valence-electron chi connectivity index (χ3n) is 3.46. The molecule has 5 heteroatoms. The monoisotopic (exact) mass is 267 g/mol. The van der Waals surface area contributed by atoms with Crippen molar-refractivity contribution in [1.29, 1.82) is 0 Å². The largest absolute Gasteiger partial charge is 0.481 e. The number of carbonyl (C=O) groups excluding carboxylic acids is 1. The summed E-state index contributed by atoms with van der Waals surface area (Å²) in [5.41, 5.74) is 0.433. The molecule has 1 fully saturated rings. The predicted molar refractivity (Wildman–Crippen MR) is 70.1 cm³/mol. The molecular formula is C13H17NO3S. The summed E-state index contributed by atoms with van der Waals surface area (Å²) in [6, 6.07) is 1.87. The predicted octanol–water partition coefficient (Wildman–Crippen LogP) is 2.21. The fourth-order valence-electron chi connectivity index (χ4n) is 1.94. The highest BCUT2D eigenvalue weighted by molar-refractivity contribution is 7.14. The lowest BCUT2D eigenvalue weighted by Gasteiger charge is -2.10. The number of carboxylic acid groups (broad SMARTS) is 1. The van der Waals surface area contributed by atoms with Crippen LogP contribution in [0.1, 0.15) is 39.9 Å². The van der Waals surface area contributed by atoms with Gasteiger partial charge in [0.25, 0.3) is 5.91 Å². The third-order valence-corrected chi connectivity index (χ3v) is 4.84. The fourth-order valence-corrected chi connectivity index (χ4v) is 2.97. The molecule has 0 bridgehead atoms. The summed E-state index contributed by atoms with van der Waals surface area (Å²) in [4.78, 5) is 24.8. The van der Waals surface area contributed by atoms with Gasteiger partial charge in [-0.1, -0.05) is 6.92 Å². The molecule has 1 aromatic rings. The van der Waals surface area contributed by atoms with E-state index in [4.69, 9.17) is 5.11 Å². The van der Waals surface area contributed by atoms with Crippen molar-refractivity contribution in [2.45, 2.75) is 33.1 Å². The minimum atomic E-state index is -0.806. The molecule has 18 heavy (non-hydrogen) atoms. The average molecular weight is 267 g/mol. The zero-order chi connectivity index (χ0) is 13.3. The van der Waals surface area contributed by atoms with Crippen LogP contribution < -0.4 is 5.32 Å². The molecule has 0 aromatic carbocycles. The molecule has 1 aliphatic rings. The Morgan fingerprint density at radius 3 is 2.61 bits per heavy atom. The maximum absolute atomic E-state index is 11.9. The lowest BCUT2D eigenvalue weighted by atomic mass is 10.1. The van der Waals surface area contributed by atoms with E-state index in [0.29, 0.717) is 17.7 Å². The van der Waals surface area contributed by atoms with E-state index in [0.717, 1.165) is 12.0 Å². The molecule has 1 amide bonds. The Kier molecular flexibility index (Phi) is 3.43. The summed E-state index contributed by atoms with van der Waals surface area (Å²) in [7, 11) is 0. The maximum Gasteiger partial charge on any atom is 0.311 e. The van der Waals surface area contributed by atoms with Crippen LogP contribution in [0.25, 0.3) is 0 Å².